The number of hydrogen-bond acceptors (Lipinski definition) is 3. The van der Waals surface area contributed by atoms with Gasteiger partial charge in [-0.1, -0.05) is 6.07 Å². The maximum absolute atomic E-state index is 5.37. The Bertz CT molecular complexity index is 372. The first-order valence-electron chi connectivity index (χ1n) is 4.82. The minimum atomic E-state index is 0.307. The summed E-state index contributed by atoms with van der Waals surface area (Å²) in [6.45, 7) is 2.65. The van der Waals surface area contributed by atoms with Gasteiger partial charge in [-0.2, -0.15) is 11.8 Å². The molecule has 0 aliphatic carbocycles. The highest BCUT2D eigenvalue weighted by atomic mass is 32.2. The first kappa shape index (κ1) is 8.48. The number of thioether (sulfide) groups is 1. The van der Waals surface area contributed by atoms with Crippen LogP contribution in [0.5, 0.6) is 11.5 Å². The number of fused-ring (bicyclic) bond motifs is 1. The van der Waals surface area contributed by atoms with Gasteiger partial charge in [-0.05, 0) is 36.8 Å². The second-order valence-corrected chi connectivity index (χ2v) is 5.50. The summed E-state index contributed by atoms with van der Waals surface area (Å²) < 4.78 is 11.0. The van der Waals surface area contributed by atoms with Crippen molar-refractivity contribution in [2.45, 2.75) is 18.1 Å². The lowest BCUT2D eigenvalue weighted by Crippen LogP contribution is -2.27. The van der Waals surface area contributed by atoms with Crippen LogP contribution in [0.3, 0.4) is 0 Å². The lowest BCUT2D eigenvalue weighted by atomic mass is 9.96. The Morgan fingerprint density at radius 1 is 1.29 bits per heavy atom. The molecule has 0 amide bonds. The van der Waals surface area contributed by atoms with Crippen molar-refractivity contribution < 1.29 is 9.47 Å². The Balaban J connectivity index is 2.00. The highest BCUT2D eigenvalue weighted by Crippen LogP contribution is 2.50. The van der Waals surface area contributed by atoms with E-state index in [1.54, 1.807) is 0 Å². The molecule has 3 heteroatoms. The highest BCUT2D eigenvalue weighted by Gasteiger charge is 2.35. The molecule has 1 aromatic rings. The Morgan fingerprint density at radius 2 is 2.07 bits per heavy atom. The van der Waals surface area contributed by atoms with E-state index in [1.165, 1.54) is 17.7 Å². The van der Waals surface area contributed by atoms with Crippen molar-refractivity contribution in [2.75, 3.05) is 12.5 Å². The van der Waals surface area contributed by atoms with Crippen LogP contribution in [-0.2, 0) is 4.75 Å². The predicted octanol–water partition coefficient (Wildman–Crippen LogP) is 2.77. The van der Waals surface area contributed by atoms with Gasteiger partial charge in [0.05, 0.1) is 0 Å². The van der Waals surface area contributed by atoms with Crippen LogP contribution < -0.4 is 9.47 Å². The Hall–Kier alpha value is -0.830. The summed E-state index contributed by atoms with van der Waals surface area (Å²) >= 11 is 2.01. The normalized spacial score (nSPS) is 28.6. The zero-order valence-electron chi connectivity index (χ0n) is 8.08. The van der Waals surface area contributed by atoms with E-state index in [2.05, 4.69) is 19.1 Å². The van der Waals surface area contributed by atoms with Crippen LogP contribution in [0.25, 0.3) is 0 Å². The van der Waals surface area contributed by atoms with E-state index in [-0.39, 0.29) is 0 Å². The topological polar surface area (TPSA) is 18.5 Å². The first-order chi connectivity index (χ1) is 6.78. The van der Waals surface area contributed by atoms with E-state index in [1.807, 2.05) is 17.8 Å². The molecule has 0 bridgehead atoms. The van der Waals surface area contributed by atoms with E-state index in [9.17, 15) is 0 Å². The second kappa shape index (κ2) is 2.83. The van der Waals surface area contributed by atoms with E-state index in [4.69, 9.17) is 9.47 Å². The minimum absolute atomic E-state index is 0.307. The largest absolute Gasteiger partial charge is 0.454 e. The summed E-state index contributed by atoms with van der Waals surface area (Å²) in [5.41, 5.74) is 1.36. The monoisotopic (exact) mass is 208 g/mol. The molecular weight excluding hydrogens is 196 g/mol. The zero-order valence-corrected chi connectivity index (χ0v) is 8.89. The number of hydrogen-bond donors (Lipinski definition) is 0. The van der Waals surface area contributed by atoms with Crippen LogP contribution in [0.4, 0.5) is 0 Å². The van der Waals surface area contributed by atoms with Crippen molar-refractivity contribution in [2.24, 2.45) is 0 Å². The molecule has 0 N–H and O–H groups in total. The van der Waals surface area contributed by atoms with Crippen molar-refractivity contribution in [1.82, 2.24) is 0 Å². The van der Waals surface area contributed by atoms with Crippen molar-refractivity contribution >= 4 is 11.8 Å². The fourth-order valence-corrected chi connectivity index (χ4v) is 2.97. The van der Waals surface area contributed by atoms with Gasteiger partial charge in [-0.15, -0.1) is 0 Å². The number of benzene rings is 1. The van der Waals surface area contributed by atoms with Crippen molar-refractivity contribution in [3.05, 3.63) is 23.8 Å². The average Bonchev–Trinajstić information content (AvgIpc) is 2.60. The van der Waals surface area contributed by atoms with Crippen LogP contribution in [0.15, 0.2) is 18.2 Å². The van der Waals surface area contributed by atoms with Crippen LogP contribution in [0.1, 0.15) is 18.9 Å². The summed E-state index contributed by atoms with van der Waals surface area (Å²) in [5.74, 6) is 3.04. The molecule has 14 heavy (non-hydrogen) atoms. The second-order valence-electron chi connectivity index (χ2n) is 3.90. The first-order valence-corrected chi connectivity index (χ1v) is 5.81. The molecule has 0 radical (unpaired) electrons. The standard InChI is InChI=1S/C11H12O2S/c1-11(4-5-14-11)8-2-3-9-10(6-8)13-7-12-9/h2-3,6H,4-5,7H2,1H3. The van der Waals surface area contributed by atoms with Gasteiger partial charge in [-0.25, -0.2) is 0 Å². The molecule has 74 valence electrons. The van der Waals surface area contributed by atoms with Crippen LogP contribution in [0.2, 0.25) is 0 Å². The summed E-state index contributed by atoms with van der Waals surface area (Å²) in [7, 11) is 0. The fourth-order valence-electron chi connectivity index (χ4n) is 1.86. The molecule has 0 aromatic heterocycles. The molecule has 2 nitrogen and oxygen atoms in total. The van der Waals surface area contributed by atoms with E-state index >= 15 is 0 Å². The van der Waals surface area contributed by atoms with E-state index < -0.39 is 0 Å². The molecule has 1 atom stereocenters. The summed E-state index contributed by atoms with van der Waals surface area (Å²) in [4.78, 5) is 0. The number of rotatable bonds is 1. The lowest BCUT2D eigenvalue weighted by Gasteiger charge is -2.38. The van der Waals surface area contributed by atoms with Crippen molar-refractivity contribution in [1.29, 1.82) is 0 Å². The molecule has 1 aromatic carbocycles. The van der Waals surface area contributed by atoms with Gasteiger partial charge in [0.15, 0.2) is 11.5 Å². The van der Waals surface area contributed by atoms with E-state index in [0.29, 0.717) is 11.5 Å². The number of ether oxygens (including phenoxy) is 2. The maximum Gasteiger partial charge on any atom is 0.231 e. The van der Waals surface area contributed by atoms with Crippen LogP contribution >= 0.6 is 11.8 Å². The molecular formula is C11H12O2S. The van der Waals surface area contributed by atoms with Gasteiger partial charge in [0, 0.05) is 4.75 Å². The van der Waals surface area contributed by atoms with Crippen LogP contribution in [0, 0.1) is 0 Å². The summed E-state index contributed by atoms with van der Waals surface area (Å²) in [6.07, 6.45) is 1.26. The van der Waals surface area contributed by atoms with Gasteiger partial charge >= 0.3 is 0 Å². The van der Waals surface area contributed by atoms with Gasteiger partial charge in [0.25, 0.3) is 0 Å². The molecule has 2 aliphatic rings. The molecule has 0 saturated carbocycles. The zero-order chi connectivity index (χ0) is 9.60. The van der Waals surface area contributed by atoms with E-state index in [0.717, 1.165) is 11.5 Å². The quantitative estimate of drug-likeness (QED) is 0.707. The summed E-state index contributed by atoms with van der Waals surface area (Å²) in [5, 5.41) is 0. The molecule has 1 fully saturated rings. The molecule has 0 spiro atoms. The summed E-state index contributed by atoms with van der Waals surface area (Å²) in [6, 6.07) is 6.29. The Morgan fingerprint density at radius 3 is 2.79 bits per heavy atom. The predicted molar refractivity (Wildman–Crippen MR) is 57.0 cm³/mol. The van der Waals surface area contributed by atoms with Crippen LogP contribution in [-0.4, -0.2) is 12.5 Å². The minimum Gasteiger partial charge on any atom is -0.454 e. The van der Waals surface area contributed by atoms with Crippen molar-refractivity contribution in [3.63, 3.8) is 0 Å². The molecule has 1 unspecified atom stereocenters. The lowest BCUT2D eigenvalue weighted by molar-refractivity contribution is 0.174. The van der Waals surface area contributed by atoms with Crippen molar-refractivity contribution in [3.8, 4) is 11.5 Å². The van der Waals surface area contributed by atoms with Gasteiger partial charge in [0.2, 0.25) is 6.79 Å². The average molecular weight is 208 g/mol. The molecule has 1 saturated heterocycles. The molecule has 2 heterocycles. The SMILES string of the molecule is CC1(c2ccc3c(c2)OCO3)CCS1. The third kappa shape index (κ3) is 1.12. The third-order valence-electron chi connectivity index (χ3n) is 2.98. The van der Waals surface area contributed by atoms with Gasteiger partial charge < -0.3 is 9.47 Å². The molecule has 3 rings (SSSR count). The smallest absolute Gasteiger partial charge is 0.231 e. The third-order valence-corrected chi connectivity index (χ3v) is 4.47. The maximum atomic E-state index is 5.37. The fraction of sp³-hybridized carbons (Fsp3) is 0.455. The van der Waals surface area contributed by atoms with Gasteiger partial charge in [0.1, 0.15) is 0 Å². The Kier molecular flexibility index (Phi) is 1.71. The van der Waals surface area contributed by atoms with Gasteiger partial charge in [-0.3, -0.25) is 0 Å². The highest BCUT2D eigenvalue weighted by molar-refractivity contribution is 8.01. The molecule has 2 aliphatic heterocycles. The Labute approximate surface area is 87.6 Å².